The van der Waals surface area contributed by atoms with Gasteiger partial charge in [0.1, 0.15) is 11.6 Å². The summed E-state index contributed by atoms with van der Waals surface area (Å²) in [6.07, 6.45) is 3.70. The molecule has 16 heavy (non-hydrogen) atoms. The third kappa shape index (κ3) is 4.49. The quantitative estimate of drug-likeness (QED) is 0.827. The van der Waals surface area contributed by atoms with Crippen LogP contribution in [0.25, 0.3) is 0 Å². The van der Waals surface area contributed by atoms with Gasteiger partial charge in [-0.25, -0.2) is 8.78 Å². The zero-order valence-electron chi connectivity index (χ0n) is 9.59. The van der Waals surface area contributed by atoms with E-state index >= 15 is 0 Å². The lowest BCUT2D eigenvalue weighted by Crippen LogP contribution is -2.28. The van der Waals surface area contributed by atoms with Gasteiger partial charge in [-0.15, -0.1) is 0 Å². The number of rotatable bonds is 6. The monoisotopic (exact) mass is 245 g/mol. The Hall–Kier alpha value is -0.610. The lowest BCUT2D eigenvalue weighted by Gasteiger charge is -2.15. The molecule has 90 valence electrons. The predicted molar refractivity (Wildman–Crippen MR) is 65.9 cm³/mol. The van der Waals surface area contributed by atoms with Crippen LogP contribution in [0.1, 0.15) is 12.0 Å². The highest BCUT2D eigenvalue weighted by molar-refractivity contribution is 7.98. The van der Waals surface area contributed by atoms with Crippen LogP contribution < -0.4 is 5.32 Å². The minimum atomic E-state index is -0.505. The summed E-state index contributed by atoms with van der Waals surface area (Å²) in [5.41, 5.74) is 0.706. The highest BCUT2D eigenvalue weighted by atomic mass is 32.2. The molecule has 1 aromatic rings. The summed E-state index contributed by atoms with van der Waals surface area (Å²) in [5, 5.41) is 3.17. The van der Waals surface area contributed by atoms with E-state index in [-0.39, 0.29) is 6.04 Å². The number of nitrogens with one attached hydrogen (secondary N) is 1. The van der Waals surface area contributed by atoms with E-state index in [0.29, 0.717) is 12.0 Å². The molecule has 0 fully saturated rings. The van der Waals surface area contributed by atoms with Crippen molar-refractivity contribution in [1.29, 1.82) is 0 Å². The summed E-state index contributed by atoms with van der Waals surface area (Å²) >= 11 is 1.77. The molecule has 0 amide bonds. The fraction of sp³-hybridized carbons (Fsp3) is 0.500. The molecule has 0 aromatic heterocycles. The molecule has 1 rings (SSSR count). The van der Waals surface area contributed by atoms with E-state index < -0.39 is 11.6 Å². The molecule has 0 bridgehead atoms. The fourth-order valence-electron chi connectivity index (χ4n) is 1.62. The van der Waals surface area contributed by atoms with Crippen LogP contribution in [0.2, 0.25) is 0 Å². The second-order valence-corrected chi connectivity index (χ2v) is 4.73. The molecular formula is C12H17F2NS. The first-order valence-electron chi connectivity index (χ1n) is 5.27. The summed E-state index contributed by atoms with van der Waals surface area (Å²) < 4.78 is 25.9. The SMILES string of the molecule is CNC(CCSC)Cc1cc(F)cc(F)c1. The Labute approximate surface area is 99.6 Å². The van der Waals surface area contributed by atoms with Crippen LogP contribution in [0, 0.1) is 11.6 Å². The van der Waals surface area contributed by atoms with Crippen molar-refractivity contribution < 1.29 is 8.78 Å². The first kappa shape index (κ1) is 13.5. The summed E-state index contributed by atoms with van der Waals surface area (Å²) in [7, 11) is 1.88. The van der Waals surface area contributed by atoms with Gasteiger partial charge in [0.2, 0.25) is 0 Å². The van der Waals surface area contributed by atoms with Crippen LogP contribution in [0.4, 0.5) is 8.78 Å². The molecule has 0 saturated carbocycles. The molecule has 1 aromatic carbocycles. The van der Waals surface area contributed by atoms with Crippen molar-refractivity contribution in [2.75, 3.05) is 19.1 Å². The third-order valence-electron chi connectivity index (χ3n) is 2.48. The molecule has 1 nitrogen and oxygen atoms in total. The molecule has 1 N–H and O–H groups in total. The number of benzene rings is 1. The van der Waals surface area contributed by atoms with E-state index in [1.54, 1.807) is 11.8 Å². The smallest absolute Gasteiger partial charge is 0.126 e. The normalized spacial score (nSPS) is 12.8. The number of thioether (sulfide) groups is 1. The third-order valence-corrected chi connectivity index (χ3v) is 3.13. The molecule has 1 atom stereocenters. The second kappa shape index (κ2) is 6.86. The molecule has 0 spiro atoms. The van der Waals surface area contributed by atoms with E-state index in [4.69, 9.17) is 0 Å². The lowest BCUT2D eigenvalue weighted by molar-refractivity contribution is 0.536. The molecule has 0 saturated heterocycles. The van der Waals surface area contributed by atoms with Crippen LogP contribution in [-0.4, -0.2) is 25.1 Å². The second-order valence-electron chi connectivity index (χ2n) is 3.75. The predicted octanol–water partition coefficient (Wildman–Crippen LogP) is 2.85. The summed E-state index contributed by atoms with van der Waals surface area (Å²) in [6.45, 7) is 0. The van der Waals surface area contributed by atoms with E-state index in [1.165, 1.54) is 12.1 Å². The van der Waals surface area contributed by atoms with Crippen molar-refractivity contribution in [3.63, 3.8) is 0 Å². The molecule has 1 unspecified atom stereocenters. The van der Waals surface area contributed by atoms with E-state index in [9.17, 15) is 8.78 Å². The fourth-order valence-corrected chi connectivity index (χ4v) is 2.14. The Balaban J connectivity index is 2.62. The van der Waals surface area contributed by atoms with Gasteiger partial charge in [-0.3, -0.25) is 0 Å². The topological polar surface area (TPSA) is 12.0 Å². The standard InChI is InChI=1S/C12H17F2NS/c1-15-12(3-4-16-2)7-9-5-10(13)8-11(14)6-9/h5-6,8,12,15H,3-4,7H2,1-2H3. The average Bonchev–Trinajstić information content (AvgIpc) is 2.22. The van der Waals surface area contributed by atoms with Crippen LogP contribution >= 0.6 is 11.8 Å². The van der Waals surface area contributed by atoms with Gasteiger partial charge in [0, 0.05) is 12.1 Å². The Morgan fingerprint density at radius 1 is 1.25 bits per heavy atom. The maximum Gasteiger partial charge on any atom is 0.126 e. The van der Waals surface area contributed by atoms with Gasteiger partial charge in [0.15, 0.2) is 0 Å². The van der Waals surface area contributed by atoms with Crippen LogP contribution in [0.15, 0.2) is 18.2 Å². The van der Waals surface area contributed by atoms with E-state index in [0.717, 1.165) is 18.2 Å². The average molecular weight is 245 g/mol. The van der Waals surface area contributed by atoms with Crippen molar-refractivity contribution in [3.8, 4) is 0 Å². The maximum atomic E-state index is 13.0. The van der Waals surface area contributed by atoms with Gasteiger partial charge >= 0.3 is 0 Å². The number of hydrogen-bond acceptors (Lipinski definition) is 2. The lowest BCUT2D eigenvalue weighted by atomic mass is 10.0. The number of halogens is 2. The van der Waals surface area contributed by atoms with Crippen LogP contribution in [0.5, 0.6) is 0 Å². The van der Waals surface area contributed by atoms with E-state index in [2.05, 4.69) is 11.6 Å². The van der Waals surface area contributed by atoms with Gasteiger partial charge in [-0.2, -0.15) is 11.8 Å². The molecule has 0 heterocycles. The highest BCUT2D eigenvalue weighted by Gasteiger charge is 2.08. The molecule has 4 heteroatoms. The van der Waals surface area contributed by atoms with E-state index in [1.807, 2.05) is 7.05 Å². The molecule has 0 aliphatic carbocycles. The van der Waals surface area contributed by atoms with Crippen molar-refractivity contribution >= 4 is 11.8 Å². The van der Waals surface area contributed by atoms with Gasteiger partial charge in [-0.1, -0.05) is 0 Å². The minimum Gasteiger partial charge on any atom is -0.317 e. The minimum absolute atomic E-state index is 0.272. The molecule has 0 radical (unpaired) electrons. The number of likely N-dealkylation sites (N-methyl/N-ethyl adjacent to an activating group) is 1. The number of hydrogen-bond donors (Lipinski definition) is 1. The Morgan fingerprint density at radius 3 is 2.38 bits per heavy atom. The zero-order chi connectivity index (χ0) is 12.0. The summed E-state index contributed by atoms with van der Waals surface area (Å²) in [4.78, 5) is 0. The Morgan fingerprint density at radius 2 is 1.88 bits per heavy atom. The molecular weight excluding hydrogens is 228 g/mol. The first-order valence-corrected chi connectivity index (χ1v) is 6.66. The maximum absolute atomic E-state index is 13.0. The summed E-state index contributed by atoms with van der Waals surface area (Å²) in [5.74, 6) is 0.0352. The van der Waals surface area contributed by atoms with Gasteiger partial charge in [0.05, 0.1) is 0 Å². The summed E-state index contributed by atoms with van der Waals surface area (Å²) in [6, 6.07) is 3.97. The van der Waals surface area contributed by atoms with Gasteiger partial charge in [0.25, 0.3) is 0 Å². The van der Waals surface area contributed by atoms with Crippen molar-refractivity contribution in [3.05, 3.63) is 35.4 Å². The van der Waals surface area contributed by atoms with Crippen molar-refractivity contribution in [1.82, 2.24) is 5.32 Å². The highest BCUT2D eigenvalue weighted by Crippen LogP contribution is 2.12. The molecule has 0 aliphatic rings. The zero-order valence-corrected chi connectivity index (χ0v) is 10.4. The van der Waals surface area contributed by atoms with Crippen molar-refractivity contribution in [2.45, 2.75) is 18.9 Å². The Kier molecular flexibility index (Phi) is 5.77. The first-order chi connectivity index (χ1) is 7.65. The van der Waals surface area contributed by atoms with Crippen LogP contribution in [0.3, 0.4) is 0 Å². The molecule has 0 aliphatic heterocycles. The van der Waals surface area contributed by atoms with Crippen LogP contribution in [-0.2, 0) is 6.42 Å². The van der Waals surface area contributed by atoms with Gasteiger partial charge < -0.3 is 5.32 Å². The van der Waals surface area contributed by atoms with Crippen molar-refractivity contribution in [2.24, 2.45) is 0 Å². The Bertz CT molecular complexity index is 311. The van der Waals surface area contributed by atoms with Gasteiger partial charge in [-0.05, 0) is 49.6 Å². The largest absolute Gasteiger partial charge is 0.317 e.